The van der Waals surface area contributed by atoms with Gasteiger partial charge in [-0.25, -0.2) is 9.78 Å². The summed E-state index contributed by atoms with van der Waals surface area (Å²) < 4.78 is 6.68. The summed E-state index contributed by atoms with van der Waals surface area (Å²) in [7, 11) is 0. The summed E-state index contributed by atoms with van der Waals surface area (Å²) in [5.41, 5.74) is 1.75. The van der Waals surface area contributed by atoms with Crippen molar-refractivity contribution in [3.05, 3.63) is 23.2 Å². The summed E-state index contributed by atoms with van der Waals surface area (Å²) in [6.45, 7) is 10.2. The van der Waals surface area contributed by atoms with Crippen molar-refractivity contribution in [3.8, 4) is 0 Å². The topological polar surface area (TPSA) is 54.5 Å². The van der Waals surface area contributed by atoms with Gasteiger partial charge in [-0.3, -0.25) is 0 Å². The summed E-state index contributed by atoms with van der Waals surface area (Å²) in [5.74, 6) is 0.576. The van der Waals surface area contributed by atoms with Crippen LogP contribution in [-0.2, 0) is 4.74 Å². The lowest BCUT2D eigenvalue weighted by molar-refractivity contribution is 0.0188. The molecule has 0 radical (unpaired) electrons. The van der Waals surface area contributed by atoms with Crippen LogP contribution >= 0.6 is 11.3 Å². The van der Waals surface area contributed by atoms with Crippen LogP contribution in [0.2, 0.25) is 0 Å². The molecular formula is C19H27N3O2S. The van der Waals surface area contributed by atoms with E-state index < -0.39 is 5.60 Å². The van der Waals surface area contributed by atoms with E-state index >= 15 is 0 Å². The van der Waals surface area contributed by atoms with Gasteiger partial charge in [0.25, 0.3) is 0 Å². The Labute approximate surface area is 153 Å². The van der Waals surface area contributed by atoms with E-state index in [0.29, 0.717) is 5.92 Å². The Kier molecular flexibility index (Phi) is 5.18. The minimum absolute atomic E-state index is 0.191. The number of nitrogens with zero attached hydrogens (tertiary/aromatic N) is 2. The number of rotatable bonds is 3. The van der Waals surface area contributed by atoms with Crippen LogP contribution in [0.3, 0.4) is 0 Å². The van der Waals surface area contributed by atoms with Crippen molar-refractivity contribution in [3.63, 3.8) is 0 Å². The molecule has 0 unspecified atom stereocenters. The summed E-state index contributed by atoms with van der Waals surface area (Å²) in [6.07, 6.45) is 1.82. The number of fused-ring (bicyclic) bond motifs is 1. The average molecular weight is 362 g/mol. The van der Waals surface area contributed by atoms with Crippen LogP contribution in [0.25, 0.3) is 10.2 Å². The van der Waals surface area contributed by atoms with Gasteiger partial charge in [-0.15, -0.1) is 11.3 Å². The normalized spacial score (nSPS) is 16.2. The molecule has 25 heavy (non-hydrogen) atoms. The number of anilines is 1. The third-order valence-corrected chi connectivity index (χ3v) is 5.31. The standard InChI is InChI=1S/C19H27N3O2S/c1-13-21-16-11-15(5-6-17(16)25-13)20-12-14-7-9-22(10-8-14)18(23)24-19(2,3)4/h5-6,11,14,20H,7-10,12H2,1-4H3. The van der Waals surface area contributed by atoms with E-state index in [-0.39, 0.29) is 6.09 Å². The fourth-order valence-electron chi connectivity index (χ4n) is 3.06. The third-order valence-electron chi connectivity index (χ3n) is 4.36. The molecule has 1 aromatic heterocycles. The number of carbonyl (C=O) groups is 1. The van der Waals surface area contributed by atoms with Crippen LogP contribution in [-0.4, -0.2) is 41.2 Å². The molecule has 2 heterocycles. The van der Waals surface area contributed by atoms with Crippen molar-refractivity contribution in [2.45, 2.75) is 46.1 Å². The Bertz CT molecular complexity index is 743. The highest BCUT2D eigenvalue weighted by Crippen LogP contribution is 2.25. The van der Waals surface area contributed by atoms with Crippen LogP contribution in [0.1, 0.15) is 38.6 Å². The second-order valence-corrected chi connectivity index (χ2v) is 8.94. The minimum atomic E-state index is -0.428. The molecule has 0 aliphatic carbocycles. The Morgan fingerprint density at radius 2 is 2.08 bits per heavy atom. The summed E-state index contributed by atoms with van der Waals surface area (Å²) >= 11 is 1.73. The highest BCUT2D eigenvalue weighted by Gasteiger charge is 2.26. The molecule has 3 rings (SSSR count). The van der Waals surface area contributed by atoms with E-state index in [4.69, 9.17) is 4.74 Å². The zero-order chi connectivity index (χ0) is 18.0. The SMILES string of the molecule is Cc1nc2cc(NCC3CCN(C(=O)OC(C)(C)C)CC3)ccc2s1. The number of nitrogens with one attached hydrogen (secondary N) is 1. The van der Waals surface area contributed by atoms with Gasteiger partial charge in [0.2, 0.25) is 0 Å². The van der Waals surface area contributed by atoms with Crippen LogP contribution in [0.15, 0.2) is 18.2 Å². The highest BCUT2D eigenvalue weighted by molar-refractivity contribution is 7.18. The van der Waals surface area contributed by atoms with Crippen molar-refractivity contribution >= 4 is 33.3 Å². The van der Waals surface area contributed by atoms with Gasteiger partial charge in [-0.1, -0.05) is 0 Å². The number of benzene rings is 1. The molecule has 5 nitrogen and oxygen atoms in total. The zero-order valence-electron chi connectivity index (χ0n) is 15.5. The van der Waals surface area contributed by atoms with Crippen LogP contribution in [0.4, 0.5) is 10.5 Å². The molecule has 6 heteroatoms. The van der Waals surface area contributed by atoms with E-state index in [1.165, 1.54) is 4.70 Å². The number of carbonyl (C=O) groups excluding carboxylic acids is 1. The Hall–Kier alpha value is -1.82. The number of amides is 1. The smallest absolute Gasteiger partial charge is 0.410 e. The molecular weight excluding hydrogens is 334 g/mol. The quantitative estimate of drug-likeness (QED) is 0.863. The molecule has 1 N–H and O–H groups in total. The molecule has 0 spiro atoms. The number of aromatic nitrogens is 1. The summed E-state index contributed by atoms with van der Waals surface area (Å²) in [4.78, 5) is 18.5. The van der Waals surface area contributed by atoms with Crippen molar-refractivity contribution in [1.29, 1.82) is 0 Å². The van der Waals surface area contributed by atoms with Gasteiger partial charge >= 0.3 is 6.09 Å². The molecule has 0 atom stereocenters. The maximum atomic E-state index is 12.1. The molecule has 1 aliphatic heterocycles. The van der Waals surface area contributed by atoms with E-state index in [0.717, 1.165) is 48.7 Å². The third kappa shape index (κ3) is 4.84. The number of hydrogen-bond acceptors (Lipinski definition) is 5. The lowest BCUT2D eigenvalue weighted by atomic mass is 9.97. The number of thiazole rings is 1. The fraction of sp³-hybridized carbons (Fsp3) is 0.579. The van der Waals surface area contributed by atoms with Crippen LogP contribution in [0.5, 0.6) is 0 Å². The highest BCUT2D eigenvalue weighted by atomic mass is 32.1. The molecule has 136 valence electrons. The number of likely N-dealkylation sites (tertiary alicyclic amines) is 1. The largest absolute Gasteiger partial charge is 0.444 e. The predicted octanol–water partition coefficient (Wildman–Crippen LogP) is 4.66. The zero-order valence-corrected chi connectivity index (χ0v) is 16.3. The Balaban J connectivity index is 1.48. The van der Waals surface area contributed by atoms with Gasteiger partial charge in [0, 0.05) is 25.3 Å². The molecule has 1 aromatic carbocycles. The molecule has 2 aromatic rings. The van der Waals surface area contributed by atoms with Crippen LogP contribution < -0.4 is 5.32 Å². The van der Waals surface area contributed by atoms with E-state index in [2.05, 4.69) is 28.5 Å². The van der Waals surface area contributed by atoms with Gasteiger partial charge in [0.05, 0.1) is 15.2 Å². The van der Waals surface area contributed by atoms with Crippen LogP contribution in [0, 0.1) is 12.8 Å². The number of ether oxygens (including phenoxy) is 1. The molecule has 0 saturated carbocycles. The van der Waals surface area contributed by atoms with E-state index in [9.17, 15) is 4.79 Å². The Morgan fingerprint density at radius 1 is 1.36 bits per heavy atom. The van der Waals surface area contributed by atoms with Crippen molar-refractivity contribution in [1.82, 2.24) is 9.88 Å². The number of piperidine rings is 1. The summed E-state index contributed by atoms with van der Waals surface area (Å²) in [5, 5.41) is 4.63. The minimum Gasteiger partial charge on any atom is -0.444 e. The summed E-state index contributed by atoms with van der Waals surface area (Å²) in [6, 6.07) is 6.37. The fourth-order valence-corrected chi connectivity index (χ4v) is 3.87. The van der Waals surface area contributed by atoms with Crippen molar-refractivity contribution < 1.29 is 9.53 Å². The van der Waals surface area contributed by atoms with E-state index in [1.54, 1.807) is 11.3 Å². The first-order valence-electron chi connectivity index (χ1n) is 8.89. The lowest BCUT2D eigenvalue weighted by Gasteiger charge is -2.33. The predicted molar refractivity (Wildman–Crippen MR) is 103 cm³/mol. The van der Waals surface area contributed by atoms with Crippen molar-refractivity contribution in [2.24, 2.45) is 5.92 Å². The van der Waals surface area contributed by atoms with Gasteiger partial charge in [0.1, 0.15) is 5.60 Å². The van der Waals surface area contributed by atoms with Gasteiger partial charge in [0.15, 0.2) is 0 Å². The molecule has 1 amide bonds. The first-order valence-corrected chi connectivity index (χ1v) is 9.71. The average Bonchev–Trinajstić information content (AvgIpc) is 2.91. The monoisotopic (exact) mass is 361 g/mol. The first kappa shape index (κ1) is 18.0. The Morgan fingerprint density at radius 3 is 2.76 bits per heavy atom. The second kappa shape index (κ2) is 7.20. The lowest BCUT2D eigenvalue weighted by Crippen LogP contribution is -2.42. The molecule has 0 bridgehead atoms. The van der Waals surface area contributed by atoms with Gasteiger partial charge in [-0.2, -0.15) is 0 Å². The maximum absolute atomic E-state index is 12.1. The molecule has 1 fully saturated rings. The second-order valence-electron chi connectivity index (χ2n) is 7.71. The number of hydrogen-bond donors (Lipinski definition) is 1. The molecule has 1 aliphatic rings. The van der Waals surface area contributed by atoms with Gasteiger partial charge < -0.3 is 15.0 Å². The van der Waals surface area contributed by atoms with Crippen molar-refractivity contribution in [2.75, 3.05) is 25.0 Å². The number of aryl methyl sites for hydroxylation is 1. The van der Waals surface area contributed by atoms with E-state index in [1.807, 2.05) is 32.6 Å². The first-order chi connectivity index (χ1) is 11.8. The molecule has 1 saturated heterocycles. The maximum Gasteiger partial charge on any atom is 0.410 e. The van der Waals surface area contributed by atoms with Gasteiger partial charge in [-0.05, 0) is 64.7 Å².